The van der Waals surface area contributed by atoms with Crippen molar-refractivity contribution in [3.05, 3.63) is 65.3 Å². The summed E-state index contributed by atoms with van der Waals surface area (Å²) in [5.41, 5.74) is 2.41. The standard InChI is InChI=1S/C25H33FN4O/c1-29-18-23(25(31)27-16-20-7-9-22(26)10-8-20)24(28-29)15-19-11-13-30(14-12-19)17-21-5-3-2-4-6-21/h2-3,7-10,18-19,21H,4-6,11-17H2,1H3,(H,27,31)/t21-/m1/s1. The molecule has 0 spiro atoms. The lowest BCUT2D eigenvalue weighted by Crippen LogP contribution is -2.38. The van der Waals surface area contributed by atoms with Gasteiger partial charge in [0, 0.05) is 26.3 Å². The van der Waals surface area contributed by atoms with Gasteiger partial charge < -0.3 is 10.2 Å². The minimum atomic E-state index is -0.272. The highest BCUT2D eigenvalue weighted by Crippen LogP contribution is 2.26. The molecule has 1 amide bonds. The summed E-state index contributed by atoms with van der Waals surface area (Å²) < 4.78 is 14.8. The van der Waals surface area contributed by atoms with E-state index >= 15 is 0 Å². The number of hydrogen-bond acceptors (Lipinski definition) is 3. The number of nitrogens with zero attached hydrogens (tertiary/aromatic N) is 3. The Morgan fingerprint density at radius 1 is 1.13 bits per heavy atom. The predicted molar refractivity (Wildman–Crippen MR) is 120 cm³/mol. The van der Waals surface area contributed by atoms with Crippen LogP contribution in [-0.4, -0.2) is 40.2 Å². The topological polar surface area (TPSA) is 50.2 Å². The number of aromatic nitrogens is 2. The van der Waals surface area contributed by atoms with E-state index in [1.165, 1.54) is 37.9 Å². The summed E-state index contributed by atoms with van der Waals surface area (Å²) >= 11 is 0. The Hall–Kier alpha value is -2.47. The first-order valence-corrected chi connectivity index (χ1v) is 11.5. The summed E-state index contributed by atoms with van der Waals surface area (Å²) in [5, 5.41) is 7.54. The van der Waals surface area contributed by atoms with E-state index in [9.17, 15) is 9.18 Å². The fraction of sp³-hybridized carbons (Fsp3) is 0.520. The van der Waals surface area contributed by atoms with E-state index < -0.39 is 0 Å². The van der Waals surface area contributed by atoms with Crippen LogP contribution in [0.15, 0.2) is 42.6 Å². The molecular weight excluding hydrogens is 391 g/mol. The number of amides is 1. The van der Waals surface area contributed by atoms with Gasteiger partial charge in [0.05, 0.1) is 11.3 Å². The van der Waals surface area contributed by atoms with Crippen LogP contribution in [0.3, 0.4) is 0 Å². The fourth-order valence-electron chi connectivity index (χ4n) is 4.79. The van der Waals surface area contributed by atoms with Crippen molar-refractivity contribution < 1.29 is 9.18 Å². The Bertz CT molecular complexity index is 897. The summed E-state index contributed by atoms with van der Waals surface area (Å²) in [5.74, 6) is 0.997. The number of halogens is 1. The lowest BCUT2D eigenvalue weighted by atomic mass is 9.89. The highest BCUT2D eigenvalue weighted by Gasteiger charge is 2.25. The Morgan fingerprint density at radius 2 is 1.90 bits per heavy atom. The largest absolute Gasteiger partial charge is 0.348 e. The minimum absolute atomic E-state index is 0.116. The van der Waals surface area contributed by atoms with Crippen molar-refractivity contribution in [3.8, 4) is 0 Å². The van der Waals surface area contributed by atoms with E-state index in [0.29, 0.717) is 18.0 Å². The molecule has 0 saturated carbocycles. The van der Waals surface area contributed by atoms with E-state index in [-0.39, 0.29) is 11.7 Å². The van der Waals surface area contributed by atoms with Gasteiger partial charge in [-0.3, -0.25) is 9.48 Å². The molecule has 1 aromatic heterocycles. The molecule has 1 atom stereocenters. The van der Waals surface area contributed by atoms with Crippen LogP contribution in [0, 0.1) is 17.7 Å². The first-order valence-electron chi connectivity index (χ1n) is 11.5. The number of nitrogens with one attached hydrogen (secondary N) is 1. The van der Waals surface area contributed by atoms with Crippen molar-refractivity contribution in [2.45, 2.75) is 45.1 Å². The molecule has 1 aromatic carbocycles. The van der Waals surface area contributed by atoms with Crippen molar-refractivity contribution in [2.24, 2.45) is 18.9 Å². The molecule has 1 aliphatic carbocycles. The number of aryl methyl sites for hydroxylation is 1. The Balaban J connectivity index is 1.28. The monoisotopic (exact) mass is 424 g/mol. The van der Waals surface area contributed by atoms with Crippen LogP contribution in [0.2, 0.25) is 0 Å². The van der Waals surface area contributed by atoms with Gasteiger partial charge in [0.1, 0.15) is 5.82 Å². The van der Waals surface area contributed by atoms with Crippen molar-refractivity contribution >= 4 is 5.91 Å². The number of piperidine rings is 1. The molecule has 6 heteroatoms. The van der Waals surface area contributed by atoms with Crippen LogP contribution < -0.4 is 5.32 Å². The second-order valence-corrected chi connectivity index (χ2v) is 9.07. The van der Waals surface area contributed by atoms with Gasteiger partial charge in [0.2, 0.25) is 0 Å². The third-order valence-corrected chi connectivity index (χ3v) is 6.60. The molecule has 1 fully saturated rings. The number of hydrogen-bond donors (Lipinski definition) is 1. The average molecular weight is 425 g/mol. The summed E-state index contributed by atoms with van der Waals surface area (Å²) in [6, 6.07) is 6.21. The van der Waals surface area contributed by atoms with E-state index in [4.69, 9.17) is 0 Å². The number of rotatable bonds is 7. The number of carbonyl (C=O) groups is 1. The molecule has 0 radical (unpaired) electrons. The normalized spacial score (nSPS) is 20.1. The Morgan fingerprint density at radius 3 is 2.61 bits per heavy atom. The molecule has 0 unspecified atom stereocenters. The van der Waals surface area contributed by atoms with Gasteiger partial charge in [0.25, 0.3) is 5.91 Å². The van der Waals surface area contributed by atoms with Crippen LogP contribution in [0.1, 0.15) is 53.7 Å². The molecule has 5 nitrogen and oxygen atoms in total. The van der Waals surface area contributed by atoms with Crippen LogP contribution >= 0.6 is 0 Å². The number of allylic oxidation sites excluding steroid dienone is 2. The maximum absolute atomic E-state index is 13.1. The first kappa shape index (κ1) is 21.8. The van der Waals surface area contributed by atoms with Gasteiger partial charge in [-0.05, 0) is 81.1 Å². The molecule has 166 valence electrons. The molecule has 2 aliphatic rings. The number of likely N-dealkylation sites (tertiary alicyclic amines) is 1. The second kappa shape index (κ2) is 10.2. The highest BCUT2D eigenvalue weighted by molar-refractivity contribution is 5.95. The molecule has 2 heterocycles. The Kier molecular flexibility index (Phi) is 7.17. The van der Waals surface area contributed by atoms with E-state index in [0.717, 1.165) is 49.5 Å². The third-order valence-electron chi connectivity index (χ3n) is 6.60. The smallest absolute Gasteiger partial charge is 0.255 e. The van der Waals surface area contributed by atoms with Crippen molar-refractivity contribution in [1.29, 1.82) is 0 Å². The van der Waals surface area contributed by atoms with E-state index in [1.807, 2.05) is 7.05 Å². The van der Waals surface area contributed by atoms with Gasteiger partial charge in [-0.25, -0.2) is 4.39 Å². The fourth-order valence-corrected chi connectivity index (χ4v) is 4.79. The molecule has 31 heavy (non-hydrogen) atoms. The number of carbonyl (C=O) groups excluding carboxylic acids is 1. The molecular formula is C25H33FN4O. The lowest BCUT2D eigenvalue weighted by molar-refractivity contribution is 0.0949. The minimum Gasteiger partial charge on any atom is -0.348 e. The summed E-state index contributed by atoms with van der Waals surface area (Å²) in [4.78, 5) is 15.4. The van der Waals surface area contributed by atoms with Crippen LogP contribution in [0.25, 0.3) is 0 Å². The predicted octanol–water partition coefficient (Wildman–Crippen LogP) is 4.10. The van der Waals surface area contributed by atoms with Gasteiger partial charge in [-0.15, -0.1) is 0 Å². The average Bonchev–Trinajstić information content (AvgIpc) is 3.15. The molecule has 4 rings (SSSR count). The third kappa shape index (κ3) is 6.03. The zero-order valence-corrected chi connectivity index (χ0v) is 18.4. The van der Waals surface area contributed by atoms with E-state index in [1.54, 1.807) is 23.0 Å². The zero-order chi connectivity index (χ0) is 21.6. The van der Waals surface area contributed by atoms with Crippen molar-refractivity contribution in [3.63, 3.8) is 0 Å². The Labute approximate surface area is 184 Å². The van der Waals surface area contributed by atoms with E-state index in [2.05, 4.69) is 27.5 Å². The maximum atomic E-state index is 13.1. The second-order valence-electron chi connectivity index (χ2n) is 9.07. The summed E-state index contributed by atoms with van der Waals surface area (Å²) in [6.07, 6.45) is 13.4. The first-order chi connectivity index (χ1) is 15.1. The quantitative estimate of drug-likeness (QED) is 0.681. The summed E-state index contributed by atoms with van der Waals surface area (Å²) in [6.45, 7) is 3.88. The molecule has 1 aliphatic heterocycles. The van der Waals surface area contributed by atoms with Crippen molar-refractivity contribution in [1.82, 2.24) is 20.0 Å². The van der Waals surface area contributed by atoms with Gasteiger partial charge in [0.15, 0.2) is 0 Å². The van der Waals surface area contributed by atoms with Gasteiger partial charge in [-0.2, -0.15) is 5.10 Å². The van der Waals surface area contributed by atoms with Crippen LogP contribution in [0.5, 0.6) is 0 Å². The molecule has 1 N–H and O–H groups in total. The SMILES string of the molecule is Cn1cc(C(=O)NCc2ccc(F)cc2)c(CC2CCN(C[C@@H]3CC=CCC3)CC2)n1. The maximum Gasteiger partial charge on any atom is 0.255 e. The highest BCUT2D eigenvalue weighted by atomic mass is 19.1. The van der Waals surface area contributed by atoms with Crippen molar-refractivity contribution in [2.75, 3.05) is 19.6 Å². The van der Waals surface area contributed by atoms with Crippen LogP contribution in [0.4, 0.5) is 4.39 Å². The summed E-state index contributed by atoms with van der Waals surface area (Å²) in [7, 11) is 1.86. The zero-order valence-electron chi connectivity index (χ0n) is 18.4. The molecule has 1 saturated heterocycles. The molecule has 2 aromatic rings. The number of benzene rings is 1. The van der Waals surface area contributed by atoms with Gasteiger partial charge in [-0.1, -0.05) is 24.3 Å². The lowest BCUT2D eigenvalue weighted by Gasteiger charge is -2.34. The molecule has 0 bridgehead atoms. The van der Waals surface area contributed by atoms with Crippen LogP contribution in [-0.2, 0) is 20.0 Å². The van der Waals surface area contributed by atoms with Gasteiger partial charge >= 0.3 is 0 Å².